The number of fused-ring (bicyclic) bond motifs is 1. The Morgan fingerprint density at radius 1 is 1.00 bits per heavy atom. The van der Waals surface area contributed by atoms with Crippen molar-refractivity contribution in [1.29, 1.82) is 0 Å². The van der Waals surface area contributed by atoms with E-state index < -0.39 is 50.5 Å². The lowest BCUT2D eigenvalue weighted by molar-refractivity contribution is -0.376. The third-order valence-corrected chi connectivity index (χ3v) is 9.32. The molecule has 0 saturated carbocycles. The van der Waals surface area contributed by atoms with Gasteiger partial charge in [-0.3, -0.25) is 9.10 Å². The zero-order chi connectivity index (χ0) is 28.8. The van der Waals surface area contributed by atoms with Gasteiger partial charge in [0.15, 0.2) is 0 Å². The van der Waals surface area contributed by atoms with Crippen LogP contribution in [0.5, 0.6) is 0 Å². The van der Waals surface area contributed by atoms with Gasteiger partial charge in [-0.15, -0.1) is 11.8 Å². The van der Waals surface area contributed by atoms with Crippen LogP contribution in [-0.2, 0) is 25.2 Å². The number of sulfonamides is 1. The summed E-state index contributed by atoms with van der Waals surface area (Å²) in [5.74, 6) is -1.14. The number of carbonyl (C=O) groups is 1. The van der Waals surface area contributed by atoms with Crippen LogP contribution in [0, 0.1) is 5.82 Å². The lowest BCUT2D eigenvalue weighted by Gasteiger charge is -2.37. The quantitative estimate of drug-likeness (QED) is 0.520. The monoisotopic (exact) mass is 602 g/mol. The predicted octanol–water partition coefficient (Wildman–Crippen LogP) is 4.06. The van der Waals surface area contributed by atoms with Crippen LogP contribution in [0.25, 0.3) is 0 Å². The summed E-state index contributed by atoms with van der Waals surface area (Å²) in [5.41, 5.74) is -7.05. The van der Waals surface area contributed by atoms with E-state index in [9.17, 15) is 49.1 Å². The van der Waals surface area contributed by atoms with Gasteiger partial charge in [0.05, 0.1) is 23.8 Å². The Hall–Kier alpha value is -2.56. The molecule has 4 rings (SSSR count). The summed E-state index contributed by atoms with van der Waals surface area (Å²) < 4.78 is 127. The van der Waals surface area contributed by atoms with Crippen molar-refractivity contribution in [3.8, 4) is 0 Å². The van der Waals surface area contributed by atoms with Gasteiger partial charge < -0.3 is 14.7 Å². The van der Waals surface area contributed by atoms with Gasteiger partial charge in [-0.05, 0) is 36.4 Å². The van der Waals surface area contributed by atoms with Crippen LogP contribution >= 0.6 is 11.8 Å². The van der Waals surface area contributed by atoms with Crippen LogP contribution in [0.1, 0.15) is 12.0 Å². The van der Waals surface area contributed by atoms with Crippen molar-refractivity contribution >= 4 is 33.4 Å². The molecule has 1 N–H and O–H groups in total. The summed E-state index contributed by atoms with van der Waals surface area (Å²) >= 11 is 0.728. The molecule has 1 unspecified atom stereocenters. The normalized spacial score (nSPS) is 19.1. The fourth-order valence-electron chi connectivity index (χ4n) is 4.23. The van der Waals surface area contributed by atoms with Gasteiger partial charge in [0.2, 0.25) is 5.91 Å². The number of aliphatic hydroxyl groups is 1. The van der Waals surface area contributed by atoms with Crippen LogP contribution in [0.3, 0.4) is 0 Å². The molecule has 0 radical (unpaired) electrons. The van der Waals surface area contributed by atoms with Crippen molar-refractivity contribution in [1.82, 2.24) is 4.90 Å². The van der Waals surface area contributed by atoms with Crippen molar-refractivity contribution < 1.29 is 53.8 Å². The Kier molecular flexibility index (Phi) is 7.88. The van der Waals surface area contributed by atoms with Gasteiger partial charge in [-0.25, -0.2) is 12.8 Å². The second-order valence-corrected chi connectivity index (χ2v) is 12.0. The van der Waals surface area contributed by atoms with E-state index in [2.05, 4.69) is 0 Å². The first-order chi connectivity index (χ1) is 18.1. The SMILES string of the molecule is O=C(CC1CN(S(=O)(=O)c2ccc(F)cc2)c2ccc(C(O)(C(F)(F)F)C(F)(F)F)cc2S1)N1CCOCC1. The van der Waals surface area contributed by atoms with E-state index in [-0.39, 0.29) is 54.7 Å². The maximum Gasteiger partial charge on any atom is 0.430 e. The fraction of sp³-hybridized carbons (Fsp3) is 0.435. The molecule has 0 bridgehead atoms. The van der Waals surface area contributed by atoms with Crippen LogP contribution in [-0.4, -0.2) is 74.8 Å². The van der Waals surface area contributed by atoms with Crippen molar-refractivity contribution in [2.45, 2.75) is 39.4 Å². The molecular weight excluding hydrogens is 581 g/mol. The molecular formula is C23H21F7N2O5S2. The van der Waals surface area contributed by atoms with Gasteiger partial charge in [0.25, 0.3) is 15.6 Å². The second-order valence-electron chi connectivity index (χ2n) is 8.82. The summed E-state index contributed by atoms with van der Waals surface area (Å²) in [4.78, 5) is 13.6. The first-order valence-corrected chi connectivity index (χ1v) is 13.7. The number of morpholine rings is 1. The smallest absolute Gasteiger partial charge is 0.378 e. The summed E-state index contributed by atoms with van der Waals surface area (Å²) in [6, 6.07) is 5.19. The lowest BCUT2D eigenvalue weighted by atomic mass is 9.92. The largest absolute Gasteiger partial charge is 0.430 e. The summed E-state index contributed by atoms with van der Waals surface area (Å²) in [5, 5.41) is 8.96. The maximum atomic E-state index is 13.5. The highest BCUT2D eigenvalue weighted by Gasteiger charge is 2.71. The molecule has 0 spiro atoms. The number of anilines is 1. The molecule has 7 nitrogen and oxygen atoms in total. The average molecular weight is 603 g/mol. The van der Waals surface area contributed by atoms with E-state index in [1.165, 1.54) is 4.90 Å². The first kappa shape index (κ1) is 29.4. The number of thioether (sulfide) groups is 1. The molecule has 0 aromatic heterocycles. The van der Waals surface area contributed by atoms with Gasteiger partial charge >= 0.3 is 12.4 Å². The van der Waals surface area contributed by atoms with E-state index in [1.807, 2.05) is 0 Å². The molecule has 16 heteroatoms. The van der Waals surface area contributed by atoms with Crippen molar-refractivity contribution in [3.63, 3.8) is 0 Å². The number of hydrogen-bond donors (Lipinski definition) is 1. The molecule has 2 heterocycles. The van der Waals surface area contributed by atoms with Gasteiger partial charge in [0.1, 0.15) is 5.82 Å². The highest BCUT2D eigenvalue weighted by atomic mass is 32.2. The zero-order valence-corrected chi connectivity index (χ0v) is 21.4. The third kappa shape index (κ3) is 5.56. The number of carbonyl (C=O) groups excluding carboxylic acids is 1. The second kappa shape index (κ2) is 10.4. The van der Waals surface area contributed by atoms with Crippen molar-refractivity contribution in [2.75, 3.05) is 37.2 Å². The summed E-state index contributed by atoms with van der Waals surface area (Å²) in [7, 11) is -4.49. The number of hydrogen-bond acceptors (Lipinski definition) is 6. The summed E-state index contributed by atoms with van der Waals surface area (Å²) in [6.45, 7) is 0.718. The standard InChI is InChI=1S/C23H21F7N2O5S2/c24-15-2-4-17(5-3-15)39(35,36)32-13-16(12-20(33)31-7-9-37-10-8-31)38-19-11-14(1-6-18(19)32)21(34,22(25,26)27)23(28,29)30/h1-6,11,16,34H,7-10,12-13H2. The van der Waals surface area contributed by atoms with Crippen molar-refractivity contribution in [2.24, 2.45) is 0 Å². The molecule has 1 amide bonds. The average Bonchev–Trinajstić information content (AvgIpc) is 2.86. The van der Waals surface area contributed by atoms with Crippen molar-refractivity contribution in [3.05, 3.63) is 53.8 Å². The number of alkyl halides is 6. The van der Waals surface area contributed by atoms with E-state index >= 15 is 0 Å². The minimum Gasteiger partial charge on any atom is -0.378 e. The molecule has 1 saturated heterocycles. The van der Waals surface area contributed by atoms with Crippen LogP contribution in [0.15, 0.2) is 52.3 Å². The Balaban J connectivity index is 1.79. The summed E-state index contributed by atoms with van der Waals surface area (Å²) in [6.07, 6.45) is -12.6. The van der Waals surface area contributed by atoms with Crippen LogP contribution in [0.2, 0.25) is 0 Å². The fourth-order valence-corrected chi connectivity index (χ4v) is 7.22. The van der Waals surface area contributed by atoms with E-state index in [4.69, 9.17) is 4.74 Å². The minimum absolute atomic E-state index is 0.255. The molecule has 2 aliphatic heterocycles. The Bertz CT molecular complexity index is 1310. The highest BCUT2D eigenvalue weighted by Crippen LogP contribution is 2.52. The zero-order valence-electron chi connectivity index (χ0n) is 19.8. The van der Waals surface area contributed by atoms with E-state index in [1.54, 1.807) is 0 Å². The number of ether oxygens (including phenoxy) is 1. The first-order valence-electron chi connectivity index (χ1n) is 11.4. The molecule has 1 fully saturated rings. The number of nitrogens with zero attached hydrogens (tertiary/aromatic N) is 2. The highest BCUT2D eigenvalue weighted by molar-refractivity contribution is 8.00. The van der Waals surface area contributed by atoms with E-state index in [0.29, 0.717) is 12.1 Å². The molecule has 2 aromatic carbocycles. The Labute approximate surface area is 222 Å². The molecule has 214 valence electrons. The third-order valence-electron chi connectivity index (χ3n) is 6.30. The Morgan fingerprint density at radius 2 is 1.59 bits per heavy atom. The predicted molar refractivity (Wildman–Crippen MR) is 125 cm³/mol. The van der Waals surface area contributed by atoms with Gasteiger partial charge in [0, 0.05) is 41.8 Å². The van der Waals surface area contributed by atoms with Crippen LogP contribution in [0.4, 0.5) is 36.4 Å². The lowest BCUT2D eigenvalue weighted by Crippen LogP contribution is -2.54. The molecule has 39 heavy (non-hydrogen) atoms. The van der Waals surface area contributed by atoms with Gasteiger partial charge in [-0.2, -0.15) is 26.3 Å². The van der Waals surface area contributed by atoms with Gasteiger partial charge in [-0.1, -0.05) is 6.07 Å². The number of halogens is 7. The maximum absolute atomic E-state index is 13.5. The number of rotatable bonds is 5. The Morgan fingerprint density at radius 3 is 2.15 bits per heavy atom. The number of amides is 1. The number of benzene rings is 2. The van der Waals surface area contributed by atoms with E-state index in [0.717, 1.165) is 46.4 Å². The molecule has 2 aliphatic rings. The minimum atomic E-state index is -6.15. The topological polar surface area (TPSA) is 87.2 Å². The molecule has 2 aromatic rings. The molecule has 0 aliphatic carbocycles. The van der Waals surface area contributed by atoms with Crippen LogP contribution < -0.4 is 4.31 Å². The molecule has 1 atom stereocenters.